The van der Waals surface area contributed by atoms with Gasteiger partial charge in [-0.2, -0.15) is 0 Å². The van der Waals surface area contributed by atoms with Crippen molar-refractivity contribution in [3.8, 4) is 0 Å². The third-order valence-corrected chi connectivity index (χ3v) is 2.87. The molecule has 1 aromatic heterocycles. The number of para-hydroxylation sites is 1. The van der Waals surface area contributed by atoms with Crippen molar-refractivity contribution in [2.45, 2.75) is 6.92 Å². The first-order valence-electron chi connectivity index (χ1n) is 5.99. The zero-order valence-corrected chi connectivity index (χ0v) is 11.7. The molecule has 2 aromatic rings. The third kappa shape index (κ3) is 3.16. The molecule has 0 radical (unpaired) electrons. The van der Waals surface area contributed by atoms with E-state index in [1.54, 1.807) is 6.92 Å². The predicted molar refractivity (Wildman–Crippen MR) is 77.5 cm³/mol. The van der Waals surface area contributed by atoms with Crippen LogP contribution in [0.15, 0.2) is 24.5 Å². The van der Waals surface area contributed by atoms with Crippen LogP contribution in [-0.4, -0.2) is 21.4 Å². The molecule has 0 spiro atoms. The van der Waals surface area contributed by atoms with E-state index in [4.69, 9.17) is 11.6 Å². The van der Waals surface area contributed by atoms with E-state index in [0.29, 0.717) is 6.54 Å². The maximum atomic E-state index is 13.7. The van der Waals surface area contributed by atoms with Gasteiger partial charge in [0.2, 0.25) is 11.6 Å². The molecule has 0 aliphatic rings. The minimum absolute atomic E-state index is 0.0486. The number of halogens is 2. The van der Waals surface area contributed by atoms with Crippen LogP contribution in [0.2, 0.25) is 5.02 Å². The van der Waals surface area contributed by atoms with Crippen LogP contribution in [-0.2, 0) is 0 Å². The Morgan fingerprint density at radius 1 is 1.38 bits per heavy atom. The number of anilines is 3. The van der Waals surface area contributed by atoms with Crippen LogP contribution in [0.4, 0.5) is 27.4 Å². The van der Waals surface area contributed by atoms with Gasteiger partial charge in [-0.1, -0.05) is 17.7 Å². The summed E-state index contributed by atoms with van der Waals surface area (Å²) in [6, 6.07) is 4.08. The first-order chi connectivity index (χ1) is 10.0. The molecular formula is C12H11ClFN5O2. The van der Waals surface area contributed by atoms with Gasteiger partial charge in [0, 0.05) is 6.54 Å². The van der Waals surface area contributed by atoms with E-state index in [1.165, 1.54) is 18.2 Å². The van der Waals surface area contributed by atoms with Gasteiger partial charge in [-0.15, -0.1) is 0 Å². The van der Waals surface area contributed by atoms with E-state index in [-0.39, 0.29) is 28.0 Å². The van der Waals surface area contributed by atoms with Crippen molar-refractivity contribution in [3.63, 3.8) is 0 Å². The van der Waals surface area contributed by atoms with Crippen LogP contribution >= 0.6 is 11.6 Å². The molecule has 21 heavy (non-hydrogen) atoms. The molecule has 2 rings (SSSR count). The van der Waals surface area contributed by atoms with Gasteiger partial charge in [0.15, 0.2) is 0 Å². The first kappa shape index (κ1) is 14.9. The molecule has 0 unspecified atom stereocenters. The van der Waals surface area contributed by atoms with Crippen molar-refractivity contribution in [1.82, 2.24) is 9.97 Å². The maximum absolute atomic E-state index is 13.7. The van der Waals surface area contributed by atoms with Gasteiger partial charge in [-0.25, -0.2) is 14.4 Å². The van der Waals surface area contributed by atoms with Crippen LogP contribution in [0.3, 0.4) is 0 Å². The molecule has 0 atom stereocenters. The van der Waals surface area contributed by atoms with Crippen LogP contribution < -0.4 is 10.6 Å². The van der Waals surface area contributed by atoms with Crippen molar-refractivity contribution in [1.29, 1.82) is 0 Å². The van der Waals surface area contributed by atoms with Crippen molar-refractivity contribution >= 4 is 34.6 Å². The minimum atomic E-state index is -0.644. The number of benzene rings is 1. The molecule has 0 saturated carbocycles. The summed E-state index contributed by atoms with van der Waals surface area (Å²) in [5.41, 5.74) is -0.456. The molecule has 0 saturated heterocycles. The van der Waals surface area contributed by atoms with E-state index in [2.05, 4.69) is 20.6 Å². The number of nitrogens with one attached hydrogen (secondary N) is 2. The van der Waals surface area contributed by atoms with E-state index >= 15 is 0 Å². The lowest BCUT2D eigenvalue weighted by molar-refractivity contribution is -0.383. The number of nitro groups is 1. The van der Waals surface area contributed by atoms with E-state index in [9.17, 15) is 14.5 Å². The third-order valence-electron chi connectivity index (χ3n) is 2.56. The first-order valence-corrected chi connectivity index (χ1v) is 6.36. The van der Waals surface area contributed by atoms with E-state index in [0.717, 1.165) is 6.33 Å². The molecule has 1 aromatic carbocycles. The highest BCUT2D eigenvalue weighted by Gasteiger charge is 2.23. The van der Waals surface area contributed by atoms with Gasteiger partial charge < -0.3 is 10.6 Å². The molecule has 0 aliphatic carbocycles. The Kier molecular flexibility index (Phi) is 4.49. The molecular weight excluding hydrogens is 301 g/mol. The molecule has 1 heterocycles. The van der Waals surface area contributed by atoms with E-state index < -0.39 is 10.7 Å². The summed E-state index contributed by atoms with van der Waals surface area (Å²) in [4.78, 5) is 18.1. The van der Waals surface area contributed by atoms with Gasteiger partial charge >= 0.3 is 5.69 Å². The molecule has 2 N–H and O–H groups in total. The molecule has 7 nitrogen and oxygen atoms in total. The number of hydrogen-bond acceptors (Lipinski definition) is 6. The Balaban J connectivity index is 2.49. The Bertz CT molecular complexity index is 662. The second kappa shape index (κ2) is 6.31. The van der Waals surface area contributed by atoms with Gasteiger partial charge in [-0.3, -0.25) is 10.1 Å². The fourth-order valence-electron chi connectivity index (χ4n) is 1.68. The fraction of sp³-hybridized carbons (Fsp3) is 0.167. The lowest BCUT2D eigenvalue weighted by Gasteiger charge is -2.10. The van der Waals surface area contributed by atoms with E-state index in [1.807, 2.05) is 0 Å². The van der Waals surface area contributed by atoms with Crippen molar-refractivity contribution < 1.29 is 9.31 Å². The highest BCUT2D eigenvalue weighted by molar-refractivity contribution is 6.33. The number of nitrogens with zero attached hydrogens (tertiary/aromatic N) is 3. The zero-order chi connectivity index (χ0) is 15.4. The average molecular weight is 312 g/mol. The Labute approximate surface area is 124 Å². The van der Waals surface area contributed by atoms with Crippen molar-refractivity contribution in [2.24, 2.45) is 0 Å². The normalized spacial score (nSPS) is 10.2. The summed E-state index contributed by atoms with van der Waals surface area (Å²) < 4.78 is 13.7. The Hall–Kier alpha value is -2.48. The second-order valence-electron chi connectivity index (χ2n) is 3.93. The molecule has 0 amide bonds. The molecule has 0 aliphatic heterocycles. The second-order valence-corrected chi connectivity index (χ2v) is 4.34. The number of aromatic nitrogens is 2. The molecule has 9 heteroatoms. The van der Waals surface area contributed by atoms with Crippen LogP contribution in [0, 0.1) is 15.9 Å². The standard InChI is InChI=1S/C12H11ClFN5O2/c1-2-15-11-10(19(20)21)12(17-6-16-11)18-9-7(13)4-3-5-8(9)14/h3-6H,2H2,1H3,(H2,15,16,17,18). The summed E-state index contributed by atoms with van der Waals surface area (Å²) in [6.07, 6.45) is 1.14. The summed E-state index contributed by atoms with van der Waals surface area (Å²) in [5, 5.41) is 16.6. The summed E-state index contributed by atoms with van der Waals surface area (Å²) >= 11 is 5.88. The SMILES string of the molecule is CCNc1ncnc(Nc2c(F)cccc2Cl)c1[N+](=O)[O-]. The minimum Gasteiger partial charge on any atom is -0.364 e. The molecule has 110 valence electrons. The van der Waals surface area contributed by atoms with Crippen LogP contribution in [0.1, 0.15) is 6.92 Å². The monoisotopic (exact) mass is 311 g/mol. The Morgan fingerprint density at radius 2 is 2.10 bits per heavy atom. The number of rotatable bonds is 5. The summed E-state index contributed by atoms with van der Waals surface area (Å²) in [5.74, 6) is -0.731. The largest absolute Gasteiger partial charge is 0.364 e. The van der Waals surface area contributed by atoms with Gasteiger partial charge in [0.05, 0.1) is 15.6 Å². The highest BCUT2D eigenvalue weighted by Crippen LogP contribution is 2.34. The van der Waals surface area contributed by atoms with Gasteiger partial charge in [0.1, 0.15) is 12.1 Å². The summed E-state index contributed by atoms with van der Waals surface area (Å²) in [6.45, 7) is 2.21. The van der Waals surface area contributed by atoms with Crippen LogP contribution in [0.5, 0.6) is 0 Å². The van der Waals surface area contributed by atoms with Crippen LogP contribution in [0.25, 0.3) is 0 Å². The van der Waals surface area contributed by atoms with Gasteiger partial charge in [0.25, 0.3) is 0 Å². The predicted octanol–water partition coefficient (Wildman–Crippen LogP) is 3.35. The highest BCUT2D eigenvalue weighted by atomic mass is 35.5. The zero-order valence-electron chi connectivity index (χ0n) is 10.9. The number of hydrogen-bond donors (Lipinski definition) is 2. The average Bonchev–Trinajstić information content (AvgIpc) is 2.43. The maximum Gasteiger partial charge on any atom is 0.353 e. The lowest BCUT2D eigenvalue weighted by atomic mass is 10.3. The molecule has 0 bridgehead atoms. The summed E-state index contributed by atoms with van der Waals surface area (Å²) in [7, 11) is 0. The lowest BCUT2D eigenvalue weighted by Crippen LogP contribution is -2.08. The molecule has 0 fully saturated rings. The smallest absolute Gasteiger partial charge is 0.353 e. The van der Waals surface area contributed by atoms with Gasteiger partial charge in [-0.05, 0) is 19.1 Å². The topological polar surface area (TPSA) is 93.0 Å². The Morgan fingerprint density at radius 3 is 2.71 bits per heavy atom. The van der Waals surface area contributed by atoms with Crippen molar-refractivity contribution in [2.75, 3.05) is 17.2 Å². The fourth-order valence-corrected chi connectivity index (χ4v) is 1.89. The quantitative estimate of drug-likeness (QED) is 0.649. The van der Waals surface area contributed by atoms with Crippen molar-refractivity contribution in [3.05, 3.63) is 45.5 Å².